The first-order valence-electron chi connectivity index (χ1n) is 6.46. The molecule has 2 atom stereocenters. The molecule has 0 bridgehead atoms. The lowest BCUT2D eigenvalue weighted by molar-refractivity contribution is 0.151. The Labute approximate surface area is 100 Å². The van der Waals surface area contributed by atoms with Crippen LogP contribution in [0.5, 0.6) is 0 Å². The van der Waals surface area contributed by atoms with Crippen LogP contribution in [0.3, 0.4) is 0 Å². The summed E-state index contributed by atoms with van der Waals surface area (Å²) in [5.41, 5.74) is 0.822. The van der Waals surface area contributed by atoms with Crippen molar-refractivity contribution in [2.75, 3.05) is 0 Å². The topological polar surface area (TPSA) is 24.7 Å². The van der Waals surface area contributed by atoms with E-state index in [-0.39, 0.29) is 0 Å². The van der Waals surface area contributed by atoms with Gasteiger partial charge in [-0.1, -0.05) is 47.5 Å². The molecule has 0 saturated carbocycles. The maximum Gasteiger partial charge on any atom is 0.110 e. The van der Waals surface area contributed by atoms with Crippen LogP contribution in [0.2, 0.25) is 0 Å². The third-order valence-corrected chi connectivity index (χ3v) is 4.00. The molecule has 2 heteroatoms. The van der Waals surface area contributed by atoms with Gasteiger partial charge in [0.1, 0.15) is 6.34 Å². The van der Waals surface area contributed by atoms with Crippen LogP contribution < -0.4 is 0 Å². The lowest BCUT2D eigenvalue weighted by atomic mass is 9.68. The SMILES string of the molecule is CCC(C)(C)CC(C)(CC)CC1C=NC=N1. The average Bonchev–Trinajstić information content (AvgIpc) is 2.69. The third-order valence-electron chi connectivity index (χ3n) is 4.00. The van der Waals surface area contributed by atoms with Gasteiger partial charge in [-0.15, -0.1) is 0 Å². The second kappa shape index (κ2) is 5.11. The molecule has 0 aromatic heterocycles. The molecule has 2 unspecified atom stereocenters. The predicted molar refractivity (Wildman–Crippen MR) is 72.5 cm³/mol. The smallest absolute Gasteiger partial charge is 0.110 e. The minimum atomic E-state index is 0.317. The lowest BCUT2D eigenvalue weighted by Crippen LogP contribution is -2.28. The Morgan fingerprint density at radius 2 is 1.81 bits per heavy atom. The second-order valence-electron chi connectivity index (χ2n) is 6.19. The summed E-state index contributed by atoms with van der Waals surface area (Å²) in [4.78, 5) is 8.46. The normalized spacial score (nSPS) is 23.7. The van der Waals surface area contributed by atoms with E-state index in [1.807, 2.05) is 6.21 Å². The third kappa shape index (κ3) is 3.73. The molecule has 2 nitrogen and oxygen atoms in total. The van der Waals surface area contributed by atoms with Gasteiger partial charge in [0, 0.05) is 6.21 Å². The average molecular weight is 222 g/mol. The first-order chi connectivity index (χ1) is 7.41. The molecule has 1 rings (SSSR count). The summed E-state index contributed by atoms with van der Waals surface area (Å²) in [6.45, 7) is 11.7. The molecule has 16 heavy (non-hydrogen) atoms. The predicted octanol–water partition coefficient (Wildman–Crippen LogP) is 4.10. The van der Waals surface area contributed by atoms with Gasteiger partial charge in [0.15, 0.2) is 0 Å². The Morgan fingerprint density at radius 3 is 2.25 bits per heavy atom. The fraction of sp³-hybridized carbons (Fsp3) is 0.857. The Balaban J connectivity index is 2.62. The highest BCUT2D eigenvalue weighted by Crippen LogP contribution is 2.41. The van der Waals surface area contributed by atoms with Gasteiger partial charge in [-0.25, -0.2) is 4.99 Å². The highest BCUT2D eigenvalue weighted by atomic mass is 14.9. The van der Waals surface area contributed by atoms with Crippen LogP contribution in [0.15, 0.2) is 9.98 Å². The van der Waals surface area contributed by atoms with Gasteiger partial charge >= 0.3 is 0 Å². The van der Waals surface area contributed by atoms with Crippen LogP contribution in [0.1, 0.15) is 60.3 Å². The molecule has 1 aliphatic rings. The number of nitrogens with zero attached hydrogens (tertiary/aromatic N) is 2. The van der Waals surface area contributed by atoms with E-state index < -0.39 is 0 Å². The van der Waals surface area contributed by atoms with Crippen LogP contribution in [-0.2, 0) is 0 Å². The molecule has 0 aromatic rings. The van der Waals surface area contributed by atoms with Crippen LogP contribution in [-0.4, -0.2) is 18.6 Å². The molecule has 92 valence electrons. The van der Waals surface area contributed by atoms with Crippen molar-refractivity contribution >= 4 is 12.6 Å². The lowest BCUT2D eigenvalue weighted by Gasteiger charge is -2.37. The van der Waals surface area contributed by atoms with Crippen molar-refractivity contribution in [3.8, 4) is 0 Å². The molecule has 0 amide bonds. The fourth-order valence-corrected chi connectivity index (χ4v) is 2.53. The highest BCUT2D eigenvalue weighted by Gasteiger charge is 2.32. The minimum Gasteiger partial charge on any atom is -0.264 e. The van der Waals surface area contributed by atoms with Gasteiger partial charge in [0.2, 0.25) is 0 Å². The van der Waals surface area contributed by atoms with Crippen molar-refractivity contribution in [2.45, 2.75) is 66.3 Å². The van der Waals surface area contributed by atoms with E-state index in [4.69, 9.17) is 0 Å². The summed E-state index contributed by atoms with van der Waals surface area (Å²) in [6.07, 6.45) is 8.53. The molecule has 0 spiro atoms. The molecule has 0 aromatic carbocycles. The van der Waals surface area contributed by atoms with Crippen molar-refractivity contribution < 1.29 is 0 Å². The van der Waals surface area contributed by atoms with Gasteiger partial charge in [0.05, 0.1) is 6.04 Å². The standard InChI is InChI=1S/C14H26N2/c1-6-13(3,4)10-14(5,7-2)8-12-9-15-11-16-12/h9,11-12H,6-8,10H2,1-5H3. The fourth-order valence-electron chi connectivity index (χ4n) is 2.53. The van der Waals surface area contributed by atoms with E-state index in [0.29, 0.717) is 16.9 Å². The van der Waals surface area contributed by atoms with Gasteiger partial charge in [-0.3, -0.25) is 4.99 Å². The Hall–Kier alpha value is -0.660. The van der Waals surface area contributed by atoms with E-state index in [2.05, 4.69) is 44.6 Å². The summed E-state index contributed by atoms with van der Waals surface area (Å²) in [7, 11) is 0. The molecule has 0 saturated heterocycles. The van der Waals surface area contributed by atoms with E-state index in [9.17, 15) is 0 Å². The molecule has 1 aliphatic heterocycles. The summed E-state index contributed by atoms with van der Waals surface area (Å²) in [5, 5.41) is 0. The zero-order chi connectivity index (χ0) is 12.2. The largest absolute Gasteiger partial charge is 0.264 e. The molecule has 0 fully saturated rings. The molecule has 0 aliphatic carbocycles. The number of hydrogen-bond donors (Lipinski definition) is 0. The first-order valence-corrected chi connectivity index (χ1v) is 6.46. The van der Waals surface area contributed by atoms with Crippen LogP contribution in [0, 0.1) is 10.8 Å². The van der Waals surface area contributed by atoms with Crippen molar-refractivity contribution in [3.05, 3.63) is 0 Å². The number of rotatable bonds is 6. The summed E-state index contributed by atoms with van der Waals surface area (Å²) in [5.74, 6) is 0. The number of aliphatic imine (C=N–C) groups is 2. The zero-order valence-corrected chi connectivity index (χ0v) is 11.5. The Bertz CT molecular complexity index is 266. The zero-order valence-electron chi connectivity index (χ0n) is 11.5. The van der Waals surface area contributed by atoms with Crippen LogP contribution in [0.25, 0.3) is 0 Å². The van der Waals surface area contributed by atoms with Gasteiger partial charge in [-0.05, 0) is 23.7 Å². The number of hydrogen-bond acceptors (Lipinski definition) is 2. The second-order valence-corrected chi connectivity index (χ2v) is 6.19. The maximum atomic E-state index is 4.38. The highest BCUT2D eigenvalue weighted by molar-refractivity contribution is 5.82. The Kier molecular flexibility index (Phi) is 4.28. The van der Waals surface area contributed by atoms with Crippen molar-refractivity contribution in [1.29, 1.82) is 0 Å². The van der Waals surface area contributed by atoms with Gasteiger partial charge in [0.25, 0.3) is 0 Å². The summed E-state index contributed by atoms with van der Waals surface area (Å²) in [6, 6.07) is 0.317. The van der Waals surface area contributed by atoms with Gasteiger partial charge < -0.3 is 0 Å². The monoisotopic (exact) mass is 222 g/mol. The summed E-state index contributed by atoms with van der Waals surface area (Å²) >= 11 is 0. The minimum absolute atomic E-state index is 0.317. The van der Waals surface area contributed by atoms with E-state index in [0.717, 1.165) is 6.42 Å². The van der Waals surface area contributed by atoms with Crippen molar-refractivity contribution in [3.63, 3.8) is 0 Å². The summed E-state index contributed by atoms with van der Waals surface area (Å²) < 4.78 is 0. The van der Waals surface area contributed by atoms with Gasteiger partial charge in [-0.2, -0.15) is 0 Å². The van der Waals surface area contributed by atoms with E-state index >= 15 is 0 Å². The maximum absolute atomic E-state index is 4.38. The molecule has 0 N–H and O–H groups in total. The van der Waals surface area contributed by atoms with Crippen molar-refractivity contribution in [2.24, 2.45) is 20.8 Å². The molecule has 0 radical (unpaired) electrons. The van der Waals surface area contributed by atoms with Crippen molar-refractivity contribution in [1.82, 2.24) is 0 Å². The molecular weight excluding hydrogens is 196 g/mol. The van der Waals surface area contributed by atoms with Crippen LogP contribution >= 0.6 is 0 Å². The van der Waals surface area contributed by atoms with E-state index in [1.165, 1.54) is 19.3 Å². The van der Waals surface area contributed by atoms with Crippen LogP contribution in [0.4, 0.5) is 0 Å². The molecule has 1 heterocycles. The van der Waals surface area contributed by atoms with E-state index in [1.54, 1.807) is 6.34 Å². The quantitative estimate of drug-likeness (QED) is 0.646. The molecular formula is C14H26N2. The Morgan fingerprint density at radius 1 is 1.12 bits per heavy atom. The first kappa shape index (κ1) is 13.4.